The Bertz CT molecular complexity index is 719. The second-order valence-electron chi connectivity index (χ2n) is 3.85. The van der Waals surface area contributed by atoms with Crippen LogP contribution in [0.2, 0.25) is 0 Å². The molecule has 7 heteroatoms. The van der Waals surface area contributed by atoms with Crippen LogP contribution in [0.4, 0.5) is 8.78 Å². The molecule has 0 saturated carbocycles. The highest BCUT2D eigenvalue weighted by molar-refractivity contribution is 9.10. The Morgan fingerprint density at radius 3 is 2.53 bits per heavy atom. The molecule has 2 aromatic rings. The Hall–Kier alpha value is -1.34. The number of aromatic nitrogens is 1. The van der Waals surface area contributed by atoms with Gasteiger partial charge in [-0.25, -0.2) is 17.2 Å². The van der Waals surface area contributed by atoms with E-state index in [1.165, 1.54) is 12.4 Å². The fourth-order valence-corrected chi connectivity index (χ4v) is 3.36. The zero-order chi connectivity index (χ0) is 14.0. The summed E-state index contributed by atoms with van der Waals surface area (Å²) in [6, 6.07) is 3.96. The maximum Gasteiger partial charge on any atom is 0.185 e. The highest BCUT2D eigenvalue weighted by Gasteiger charge is 2.20. The van der Waals surface area contributed by atoms with Crippen molar-refractivity contribution in [2.45, 2.75) is 10.6 Å². The number of benzene rings is 1. The number of halogens is 3. The summed E-state index contributed by atoms with van der Waals surface area (Å²) in [6.45, 7) is 0. The van der Waals surface area contributed by atoms with Crippen molar-refractivity contribution in [2.24, 2.45) is 0 Å². The normalized spacial score (nSPS) is 11.5. The van der Waals surface area contributed by atoms with E-state index in [1.807, 2.05) is 0 Å². The van der Waals surface area contributed by atoms with Crippen molar-refractivity contribution in [1.29, 1.82) is 0 Å². The first-order valence-corrected chi connectivity index (χ1v) is 7.60. The zero-order valence-electron chi connectivity index (χ0n) is 9.48. The van der Waals surface area contributed by atoms with Gasteiger partial charge in [0, 0.05) is 22.9 Å². The first kappa shape index (κ1) is 14.1. The minimum atomic E-state index is -3.88. The third-order valence-electron chi connectivity index (χ3n) is 2.35. The average molecular weight is 348 g/mol. The van der Waals surface area contributed by atoms with Crippen molar-refractivity contribution in [3.63, 3.8) is 0 Å². The lowest BCUT2D eigenvalue weighted by Gasteiger charge is -2.06. The molecule has 0 radical (unpaired) electrons. The van der Waals surface area contributed by atoms with Gasteiger partial charge in [0.2, 0.25) is 0 Å². The van der Waals surface area contributed by atoms with E-state index in [0.29, 0.717) is 16.1 Å². The van der Waals surface area contributed by atoms with E-state index in [2.05, 4.69) is 20.9 Å². The van der Waals surface area contributed by atoms with Crippen molar-refractivity contribution in [3.05, 3.63) is 58.3 Å². The van der Waals surface area contributed by atoms with E-state index in [9.17, 15) is 17.2 Å². The van der Waals surface area contributed by atoms with Gasteiger partial charge in [-0.15, -0.1) is 0 Å². The van der Waals surface area contributed by atoms with Crippen LogP contribution in [0.25, 0.3) is 0 Å². The fourth-order valence-electron chi connectivity index (χ4n) is 1.56. The molecule has 19 heavy (non-hydrogen) atoms. The van der Waals surface area contributed by atoms with Gasteiger partial charge in [-0.05, 0) is 39.7 Å². The van der Waals surface area contributed by atoms with Gasteiger partial charge in [0.1, 0.15) is 16.5 Å². The molecule has 0 spiro atoms. The molecule has 0 saturated heterocycles. The quantitative estimate of drug-likeness (QED) is 0.801. The van der Waals surface area contributed by atoms with E-state index >= 15 is 0 Å². The highest BCUT2D eigenvalue weighted by atomic mass is 79.9. The van der Waals surface area contributed by atoms with Crippen LogP contribution in [0.3, 0.4) is 0 Å². The van der Waals surface area contributed by atoms with Gasteiger partial charge < -0.3 is 0 Å². The first-order valence-electron chi connectivity index (χ1n) is 5.16. The number of pyridine rings is 1. The number of hydrogen-bond acceptors (Lipinski definition) is 3. The van der Waals surface area contributed by atoms with Crippen molar-refractivity contribution in [2.75, 3.05) is 0 Å². The van der Waals surface area contributed by atoms with Crippen LogP contribution in [0, 0.1) is 11.6 Å². The first-order chi connectivity index (χ1) is 8.88. The molecule has 1 aromatic carbocycles. The largest absolute Gasteiger partial charge is 0.263 e. The standard InChI is InChI=1S/C12H8BrF2NO2S/c13-9-3-8(5-16-6-9)7-19(17,18)12-2-1-10(14)4-11(12)15/h1-6H,7H2. The summed E-state index contributed by atoms with van der Waals surface area (Å²) in [4.78, 5) is 3.31. The SMILES string of the molecule is O=S(=O)(Cc1cncc(Br)c1)c1ccc(F)cc1F. The molecule has 0 aliphatic heterocycles. The van der Waals surface area contributed by atoms with Gasteiger partial charge in [-0.1, -0.05) is 0 Å². The molecule has 2 rings (SSSR count). The number of sulfone groups is 1. The molecule has 0 aliphatic carbocycles. The molecule has 3 nitrogen and oxygen atoms in total. The van der Waals surface area contributed by atoms with Crippen LogP contribution in [0.15, 0.2) is 46.0 Å². The molecule has 0 bridgehead atoms. The molecular weight excluding hydrogens is 340 g/mol. The minimum Gasteiger partial charge on any atom is -0.263 e. The van der Waals surface area contributed by atoms with E-state index in [4.69, 9.17) is 0 Å². The Kier molecular flexibility index (Phi) is 3.96. The summed E-state index contributed by atoms with van der Waals surface area (Å²) in [6.07, 6.45) is 2.89. The minimum absolute atomic E-state index is 0.401. The summed E-state index contributed by atoms with van der Waals surface area (Å²) in [5.41, 5.74) is 0.415. The van der Waals surface area contributed by atoms with Crippen LogP contribution in [0.5, 0.6) is 0 Å². The second-order valence-corrected chi connectivity index (χ2v) is 6.72. The number of rotatable bonds is 3. The summed E-state index contributed by atoms with van der Waals surface area (Å²) < 4.78 is 51.0. The molecule has 0 atom stereocenters. The second kappa shape index (κ2) is 5.34. The Balaban J connectivity index is 2.38. The van der Waals surface area contributed by atoms with Gasteiger partial charge >= 0.3 is 0 Å². The maximum atomic E-state index is 13.5. The topological polar surface area (TPSA) is 47.0 Å². The third-order valence-corrected chi connectivity index (χ3v) is 4.50. The number of nitrogens with zero attached hydrogens (tertiary/aromatic N) is 1. The van der Waals surface area contributed by atoms with Crippen LogP contribution < -0.4 is 0 Å². The van der Waals surface area contributed by atoms with E-state index in [-0.39, 0.29) is 0 Å². The number of hydrogen-bond donors (Lipinski definition) is 0. The van der Waals surface area contributed by atoms with Gasteiger partial charge in [-0.3, -0.25) is 4.98 Å². The summed E-state index contributed by atoms with van der Waals surface area (Å²) >= 11 is 3.17. The molecule has 1 heterocycles. The van der Waals surface area contributed by atoms with Crippen LogP contribution in [0.1, 0.15) is 5.56 Å². The molecule has 0 N–H and O–H groups in total. The van der Waals surface area contributed by atoms with Crippen molar-refractivity contribution in [1.82, 2.24) is 4.98 Å². The summed E-state index contributed by atoms with van der Waals surface area (Å²) in [5.74, 6) is -2.31. The smallest absolute Gasteiger partial charge is 0.185 e. The van der Waals surface area contributed by atoms with Gasteiger partial charge in [0.05, 0.1) is 5.75 Å². The average Bonchev–Trinajstić information content (AvgIpc) is 2.27. The Labute approximate surface area is 117 Å². The van der Waals surface area contributed by atoms with Crippen LogP contribution >= 0.6 is 15.9 Å². The lowest BCUT2D eigenvalue weighted by Crippen LogP contribution is -2.07. The van der Waals surface area contributed by atoms with Gasteiger partial charge in [-0.2, -0.15) is 0 Å². The molecule has 0 aliphatic rings. The lowest BCUT2D eigenvalue weighted by molar-refractivity contribution is 0.549. The summed E-state index contributed by atoms with van der Waals surface area (Å²) in [7, 11) is -3.88. The third kappa shape index (κ3) is 3.36. The maximum absolute atomic E-state index is 13.5. The molecule has 0 fully saturated rings. The predicted octanol–water partition coefficient (Wildman–Crippen LogP) is 3.10. The molecule has 0 amide bonds. The molecule has 1 aromatic heterocycles. The molecule has 100 valence electrons. The van der Waals surface area contributed by atoms with E-state index in [0.717, 1.165) is 12.1 Å². The summed E-state index contributed by atoms with van der Waals surface area (Å²) in [5, 5.41) is 0. The van der Waals surface area contributed by atoms with Crippen molar-refractivity contribution >= 4 is 25.8 Å². The zero-order valence-corrected chi connectivity index (χ0v) is 11.9. The van der Waals surface area contributed by atoms with E-state index in [1.54, 1.807) is 6.07 Å². The highest BCUT2D eigenvalue weighted by Crippen LogP contribution is 2.21. The van der Waals surface area contributed by atoms with Crippen LogP contribution in [-0.4, -0.2) is 13.4 Å². The Morgan fingerprint density at radius 2 is 1.89 bits per heavy atom. The van der Waals surface area contributed by atoms with Crippen LogP contribution in [-0.2, 0) is 15.6 Å². The monoisotopic (exact) mass is 347 g/mol. The lowest BCUT2D eigenvalue weighted by atomic mass is 10.3. The molecule has 0 unspecified atom stereocenters. The molecular formula is C12H8BrF2NO2S. The Morgan fingerprint density at radius 1 is 1.16 bits per heavy atom. The van der Waals surface area contributed by atoms with E-state index < -0.39 is 32.1 Å². The van der Waals surface area contributed by atoms with Gasteiger partial charge in [0.25, 0.3) is 0 Å². The van der Waals surface area contributed by atoms with Gasteiger partial charge in [0.15, 0.2) is 9.84 Å². The van der Waals surface area contributed by atoms with Crippen molar-refractivity contribution in [3.8, 4) is 0 Å². The van der Waals surface area contributed by atoms with Crippen molar-refractivity contribution < 1.29 is 17.2 Å². The fraction of sp³-hybridized carbons (Fsp3) is 0.0833. The predicted molar refractivity (Wildman–Crippen MR) is 69.2 cm³/mol.